The van der Waals surface area contributed by atoms with E-state index in [9.17, 15) is 9.59 Å². The van der Waals surface area contributed by atoms with Gasteiger partial charge in [0, 0.05) is 22.7 Å². The molecule has 0 spiro atoms. The van der Waals surface area contributed by atoms with Crippen molar-refractivity contribution < 1.29 is 9.59 Å². The molecule has 0 aliphatic carbocycles. The summed E-state index contributed by atoms with van der Waals surface area (Å²) in [6, 6.07) is 14.6. The first-order chi connectivity index (χ1) is 11.9. The maximum absolute atomic E-state index is 12.4. The first-order valence-electron chi connectivity index (χ1n) is 7.94. The number of thioether (sulfide) groups is 1. The standard InChI is InChI=1S/C19H23N3O2S/c1-13(22(2)12-14-4-10-17(25-3)11-5-14)19(24)21-16-8-6-15(7-9-16)18(20)23/h4-11,13H,12H2,1-3H3,(H2,20,23)(H,21,24)/t13-/m1/s1. The van der Waals surface area contributed by atoms with Gasteiger partial charge in [-0.2, -0.15) is 0 Å². The molecule has 0 fully saturated rings. The fourth-order valence-corrected chi connectivity index (χ4v) is 2.73. The van der Waals surface area contributed by atoms with Crippen LogP contribution in [-0.4, -0.2) is 36.1 Å². The van der Waals surface area contributed by atoms with Gasteiger partial charge >= 0.3 is 0 Å². The zero-order valence-corrected chi connectivity index (χ0v) is 15.5. The Bertz CT molecular complexity index is 729. The number of anilines is 1. The molecule has 2 amide bonds. The predicted octanol–water partition coefficient (Wildman–Crippen LogP) is 2.97. The Hall–Kier alpha value is -2.31. The van der Waals surface area contributed by atoms with Crippen molar-refractivity contribution in [2.75, 3.05) is 18.6 Å². The number of carbonyl (C=O) groups is 2. The number of hydrogen-bond acceptors (Lipinski definition) is 4. The Labute approximate surface area is 152 Å². The molecule has 2 rings (SSSR count). The van der Waals surface area contributed by atoms with Crippen molar-refractivity contribution in [3.63, 3.8) is 0 Å². The van der Waals surface area contributed by atoms with Gasteiger partial charge in [0.1, 0.15) is 0 Å². The predicted molar refractivity (Wildman–Crippen MR) is 103 cm³/mol. The maximum atomic E-state index is 12.4. The van der Waals surface area contributed by atoms with Gasteiger partial charge < -0.3 is 11.1 Å². The van der Waals surface area contributed by atoms with E-state index < -0.39 is 5.91 Å². The zero-order chi connectivity index (χ0) is 18.4. The zero-order valence-electron chi connectivity index (χ0n) is 14.7. The van der Waals surface area contributed by atoms with Crippen molar-refractivity contribution in [2.24, 2.45) is 5.73 Å². The second kappa shape index (κ2) is 8.69. The van der Waals surface area contributed by atoms with Crippen LogP contribution < -0.4 is 11.1 Å². The van der Waals surface area contributed by atoms with Crippen molar-refractivity contribution in [3.05, 3.63) is 59.7 Å². The lowest BCUT2D eigenvalue weighted by atomic mass is 10.1. The summed E-state index contributed by atoms with van der Waals surface area (Å²) in [5, 5.41) is 2.86. The Balaban J connectivity index is 1.94. The molecule has 0 radical (unpaired) electrons. The average Bonchev–Trinajstić information content (AvgIpc) is 2.62. The van der Waals surface area contributed by atoms with Crippen LogP contribution in [0.1, 0.15) is 22.8 Å². The van der Waals surface area contributed by atoms with E-state index in [0.29, 0.717) is 17.8 Å². The molecule has 25 heavy (non-hydrogen) atoms. The molecule has 2 aromatic carbocycles. The summed E-state index contributed by atoms with van der Waals surface area (Å²) < 4.78 is 0. The van der Waals surface area contributed by atoms with Crippen molar-refractivity contribution in [2.45, 2.75) is 24.4 Å². The normalized spacial score (nSPS) is 12.0. The van der Waals surface area contributed by atoms with Gasteiger partial charge in [-0.3, -0.25) is 14.5 Å². The van der Waals surface area contributed by atoms with Crippen molar-refractivity contribution in [1.82, 2.24) is 4.90 Å². The highest BCUT2D eigenvalue weighted by Gasteiger charge is 2.18. The van der Waals surface area contributed by atoms with Crippen LogP contribution in [0.15, 0.2) is 53.4 Å². The molecule has 0 unspecified atom stereocenters. The van der Waals surface area contributed by atoms with Gasteiger partial charge in [-0.15, -0.1) is 11.8 Å². The molecule has 0 aliphatic rings. The van der Waals surface area contributed by atoms with E-state index in [4.69, 9.17) is 5.73 Å². The summed E-state index contributed by atoms with van der Waals surface area (Å²) in [4.78, 5) is 26.7. The average molecular weight is 357 g/mol. The molecule has 5 nitrogen and oxygen atoms in total. The molecule has 1 atom stereocenters. The smallest absolute Gasteiger partial charge is 0.248 e. The number of nitrogens with one attached hydrogen (secondary N) is 1. The van der Waals surface area contributed by atoms with Gasteiger partial charge in [0.15, 0.2) is 0 Å². The lowest BCUT2D eigenvalue weighted by Gasteiger charge is -2.24. The van der Waals surface area contributed by atoms with Crippen molar-refractivity contribution in [3.8, 4) is 0 Å². The van der Waals surface area contributed by atoms with E-state index in [1.165, 1.54) is 4.90 Å². The minimum Gasteiger partial charge on any atom is -0.366 e. The van der Waals surface area contributed by atoms with E-state index in [0.717, 1.165) is 5.56 Å². The molecule has 0 bridgehead atoms. The molecular formula is C19H23N3O2S. The van der Waals surface area contributed by atoms with Crippen LogP contribution >= 0.6 is 11.8 Å². The number of rotatable bonds is 7. The second-order valence-corrected chi connectivity index (χ2v) is 6.75. The van der Waals surface area contributed by atoms with Gasteiger partial charge in [-0.1, -0.05) is 12.1 Å². The monoisotopic (exact) mass is 357 g/mol. The van der Waals surface area contributed by atoms with Crippen LogP contribution in [0.4, 0.5) is 5.69 Å². The van der Waals surface area contributed by atoms with Gasteiger partial charge in [0.2, 0.25) is 11.8 Å². The van der Waals surface area contributed by atoms with Crippen molar-refractivity contribution >= 4 is 29.3 Å². The Morgan fingerprint density at radius 1 is 1.12 bits per heavy atom. The Kier molecular flexibility index (Phi) is 6.61. The molecule has 6 heteroatoms. The number of likely N-dealkylation sites (N-methyl/N-ethyl adjacent to an activating group) is 1. The summed E-state index contributed by atoms with van der Waals surface area (Å²) in [7, 11) is 1.92. The van der Waals surface area contributed by atoms with Gasteiger partial charge in [0.25, 0.3) is 0 Å². The summed E-state index contributed by atoms with van der Waals surface area (Å²) in [6.07, 6.45) is 2.05. The summed E-state index contributed by atoms with van der Waals surface area (Å²) in [5.74, 6) is -0.589. The number of benzene rings is 2. The highest BCUT2D eigenvalue weighted by Crippen LogP contribution is 2.16. The van der Waals surface area contributed by atoms with E-state index >= 15 is 0 Å². The molecule has 0 saturated carbocycles. The largest absolute Gasteiger partial charge is 0.366 e. The number of hydrogen-bond donors (Lipinski definition) is 2. The number of primary amides is 1. The van der Waals surface area contributed by atoms with Gasteiger partial charge in [-0.05, 0) is 62.2 Å². The number of carbonyl (C=O) groups excluding carboxylic acids is 2. The third kappa shape index (κ3) is 5.34. The fourth-order valence-electron chi connectivity index (χ4n) is 2.32. The lowest BCUT2D eigenvalue weighted by molar-refractivity contribution is -0.120. The van der Waals surface area contributed by atoms with Crippen LogP contribution in [0.5, 0.6) is 0 Å². The van der Waals surface area contributed by atoms with E-state index in [-0.39, 0.29) is 11.9 Å². The Morgan fingerprint density at radius 2 is 1.72 bits per heavy atom. The van der Waals surface area contributed by atoms with Crippen LogP contribution in [0.2, 0.25) is 0 Å². The number of nitrogens with two attached hydrogens (primary N) is 1. The van der Waals surface area contributed by atoms with E-state index in [1.54, 1.807) is 36.0 Å². The van der Waals surface area contributed by atoms with E-state index in [1.807, 2.05) is 25.1 Å². The number of amides is 2. The lowest BCUT2D eigenvalue weighted by Crippen LogP contribution is -2.39. The van der Waals surface area contributed by atoms with Gasteiger partial charge in [-0.25, -0.2) is 0 Å². The quantitative estimate of drug-likeness (QED) is 0.747. The topological polar surface area (TPSA) is 75.4 Å². The first kappa shape index (κ1) is 19.0. The van der Waals surface area contributed by atoms with Crippen LogP contribution in [0.25, 0.3) is 0 Å². The third-order valence-corrected chi connectivity index (χ3v) is 4.81. The van der Waals surface area contributed by atoms with Gasteiger partial charge in [0.05, 0.1) is 6.04 Å². The molecule has 0 heterocycles. The molecule has 2 aromatic rings. The molecule has 3 N–H and O–H groups in total. The maximum Gasteiger partial charge on any atom is 0.248 e. The SMILES string of the molecule is CSc1ccc(CN(C)[C@H](C)C(=O)Nc2ccc(C(N)=O)cc2)cc1. The molecule has 132 valence electrons. The third-order valence-electron chi connectivity index (χ3n) is 4.07. The summed E-state index contributed by atoms with van der Waals surface area (Å²) in [6.45, 7) is 2.55. The van der Waals surface area contributed by atoms with Crippen LogP contribution in [0, 0.1) is 0 Å². The van der Waals surface area contributed by atoms with Crippen LogP contribution in [0.3, 0.4) is 0 Å². The molecular weight excluding hydrogens is 334 g/mol. The first-order valence-corrected chi connectivity index (χ1v) is 9.17. The highest BCUT2D eigenvalue weighted by molar-refractivity contribution is 7.98. The van der Waals surface area contributed by atoms with Crippen LogP contribution in [-0.2, 0) is 11.3 Å². The second-order valence-electron chi connectivity index (χ2n) is 5.87. The highest BCUT2D eigenvalue weighted by atomic mass is 32.2. The minimum atomic E-state index is -0.488. The van der Waals surface area contributed by atoms with E-state index in [2.05, 4.69) is 29.6 Å². The molecule has 0 aromatic heterocycles. The summed E-state index contributed by atoms with van der Waals surface area (Å²) >= 11 is 1.70. The Morgan fingerprint density at radius 3 is 2.24 bits per heavy atom. The molecule has 0 aliphatic heterocycles. The fraction of sp³-hybridized carbons (Fsp3) is 0.263. The minimum absolute atomic E-state index is 0.102. The summed E-state index contributed by atoms with van der Waals surface area (Å²) in [5.41, 5.74) is 7.42. The number of nitrogens with zero attached hydrogens (tertiary/aromatic N) is 1. The molecule has 0 saturated heterocycles. The van der Waals surface area contributed by atoms with Crippen molar-refractivity contribution in [1.29, 1.82) is 0 Å².